The molecule has 22 heavy (non-hydrogen) atoms. The summed E-state index contributed by atoms with van der Waals surface area (Å²) in [4.78, 5) is 19.3. The van der Waals surface area contributed by atoms with E-state index in [1.807, 2.05) is 0 Å². The molecule has 1 aromatic carbocycles. The van der Waals surface area contributed by atoms with Gasteiger partial charge in [-0.1, -0.05) is 11.2 Å². The van der Waals surface area contributed by atoms with Crippen molar-refractivity contribution >= 4 is 17.5 Å². The predicted molar refractivity (Wildman–Crippen MR) is 79.0 cm³/mol. The molecule has 0 saturated carbocycles. The van der Waals surface area contributed by atoms with E-state index < -0.39 is 5.97 Å². The second-order valence-corrected chi connectivity index (χ2v) is 4.59. The van der Waals surface area contributed by atoms with Crippen LogP contribution in [0, 0.1) is 6.92 Å². The maximum absolute atomic E-state index is 11.0. The van der Waals surface area contributed by atoms with Crippen molar-refractivity contribution in [2.75, 3.05) is 5.32 Å². The number of hydrogen-bond acceptors (Lipinski definition) is 6. The van der Waals surface area contributed by atoms with Crippen molar-refractivity contribution < 1.29 is 14.4 Å². The highest BCUT2D eigenvalue weighted by molar-refractivity contribution is 5.89. The number of pyridine rings is 1. The van der Waals surface area contributed by atoms with Gasteiger partial charge in [0.1, 0.15) is 5.82 Å². The summed E-state index contributed by atoms with van der Waals surface area (Å²) < 4.78 is 5.11. The maximum atomic E-state index is 11.0. The molecule has 3 rings (SSSR count). The number of nitrogens with zero attached hydrogens (tertiary/aromatic N) is 3. The number of benzene rings is 1. The Morgan fingerprint density at radius 1 is 1.27 bits per heavy atom. The van der Waals surface area contributed by atoms with Gasteiger partial charge < -0.3 is 14.9 Å². The Labute approximate surface area is 125 Å². The van der Waals surface area contributed by atoms with Crippen LogP contribution in [-0.2, 0) is 0 Å². The monoisotopic (exact) mass is 296 g/mol. The minimum absolute atomic E-state index is 0.202. The summed E-state index contributed by atoms with van der Waals surface area (Å²) in [5.41, 5.74) is 1.56. The average molecular weight is 296 g/mol. The van der Waals surface area contributed by atoms with Crippen molar-refractivity contribution in [1.82, 2.24) is 15.1 Å². The lowest BCUT2D eigenvalue weighted by atomic mass is 10.2. The standard InChI is InChI=1S/C15H12N4O3/c1-9-17-14(22-19-9)10-5-6-16-13(8-10)18-12-4-2-3-11(7-12)15(20)21/h2-8H,1H3,(H,16,18)(H,20,21). The Morgan fingerprint density at radius 2 is 2.14 bits per heavy atom. The second-order valence-electron chi connectivity index (χ2n) is 4.59. The Kier molecular flexibility index (Phi) is 3.53. The molecule has 0 saturated heterocycles. The molecule has 0 fully saturated rings. The van der Waals surface area contributed by atoms with Crippen LogP contribution in [0.4, 0.5) is 11.5 Å². The first-order valence-corrected chi connectivity index (χ1v) is 6.49. The van der Waals surface area contributed by atoms with Crippen LogP contribution in [-0.4, -0.2) is 26.2 Å². The number of carbonyl (C=O) groups is 1. The predicted octanol–water partition coefficient (Wildman–Crippen LogP) is 2.88. The van der Waals surface area contributed by atoms with E-state index in [9.17, 15) is 4.79 Å². The number of rotatable bonds is 4. The lowest BCUT2D eigenvalue weighted by Gasteiger charge is -2.07. The third-order valence-corrected chi connectivity index (χ3v) is 2.92. The van der Waals surface area contributed by atoms with E-state index in [-0.39, 0.29) is 5.56 Å². The molecule has 0 radical (unpaired) electrons. The molecular formula is C15H12N4O3. The van der Waals surface area contributed by atoms with Gasteiger partial charge in [0.25, 0.3) is 5.89 Å². The normalized spacial score (nSPS) is 10.4. The molecule has 0 amide bonds. The summed E-state index contributed by atoms with van der Waals surface area (Å²) in [6, 6.07) is 9.99. The van der Waals surface area contributed by atoms with E-state index in [0.29, 0.717) is 23.2 Å². The number of hydrogen-bond donors (Lipinski definition) is 2. The molecule has 0 aliphatic rings. The summed E-state index contributed by atoms with van der Waals surface area (Å²) in [6.45, 7) is 1.74. The first-order chi connectivity index (χ1) is 10.6. The molecule has 0 aliphatic heterocycles. The molecule has 0 atom stereocenters. The SMILES string of the molecule is Cc1noc(-c2ccnc(Nc3cccc(C(=O)O)c3)c2)n1. The highest BCUT2D eigenvalue weighted by Gasteiger charge is 2.08. The van der Waals surface area contributed by atoms with Crippen molar-refractivity contribution in [3.8, 4) is 11.5 Å². The van der Waals surface area contributed by atoms with Crippen LogP contribution in [0.5, 0.6) is 0 Å². The second kappa shape index (κ2) is 5.65. The molecule has 0 spiro atoms. The fourth-order valence-electron chi connectivity index (χ4n) is 1.92. The fraction of sp³-hybridized carbons (Fsp3) is 0.0667. The quantitative estimate of drug-likeness (QED) is 0.763. The van der Waals surface area contributed by atoms with E-state index in [2.05, 4.69) is 20.4 Å². The molecule has 110 valence electrons. The summed E-state index contributed by atoms with van der Waals surface area (Å²) in [6.07, 6.45) is 1.61. The van der Waals surface area contributed by atoms with Crippen LogP contribution in [0.15, 0.2) is 47.1 Å². The Bertz CT molecular complexity index is 829. The average Bonchev–Trinajstić information content (AvgIpc) is 2.94. The minimum Gasteiger partial charge on any atom is -0.478 e. The Hall–Kier alpha value is -3.22. The van der Waals surface area contributed by atoms with Crippen molar-refractivity contribution in [2.24, 2.45) is 0 Å². The van der Waals surface area contributed by atoms with Gasteiger partial charge in [-0.3, -0.25) is 0 Å². The molecule has 7 heteroatoms. The number of aromatic carboxylic acids is 1. The summed E-state index contributed by atoms with van der Waals surface area (Å²) in [5, 5.41) is 15.8. The number of aryl methyl sites for hydroxylation is 1. The van der Waals surface area contributed by atoms with Gasteiger partial charge in [-0.25, -0.2) is 9.78 Å². The minimum atomic E-state index is -0.980. The number of anilines is 2. The van der Waals surface area contributed by atoms with Crippen molar-refractivity contribution in [3.63, 3.8) is 0 Å². The third-order valence-electron chi connectivity index (χ3n) is 2.92. The topological polar surface area (TPSA) is 101 Å². The van der Waals surface area contributed by atoms with E-state index in [0.717, 1.165) is 5.56 Å². The van der Waals surface area contributed by atoms with Crippen LogP contribution in [0.2, 0.25) is 0 Å². The number of carboxylic acids is 1. The molecule has 7 nitrogen and oxygen atoms in total. The molecule has 2 heterocycles. The largest absolute Gasteiger partial charge is 0.478 e. The zero-order valence-electron chi connectivity index (χ0n) is 11.6. The highest BCUT2D eigenvalue weighted by Crippen LogP contribution is 2.22. The van der Waals surface area contributed by atoms with E-state index in [1.165, 1.54) is 12.1 Å². The van der Waals surface area contributed by atoms with Crippen molar-refractivity contribution in [2.45, 2.75) is 6.92 Å². The van der Waals surface area contributed by atoms with Crippen LogP contribution < -0.4 is 5.32 Å². The zero-order valence-corrected chi connectivity index (χ0v) is 11.6. The van der Waals surface area contributed by atoms with Crippen LogP contribution in [0.25, 0.3) is 11.5 Å². The zero-order chi connectivity index (χ0) is 15.5. The molecule has 3 aromatic rings. The Morgan fingerprint density at radius 3 is 2.86 bits per heavy atom. The molecular weight excluding hydrogens is 284 g/mol. The lowest BCUT2D eigenvalue weighted by molar-refractivity contribution is 0.0697. The number of aromatic nitrogens is 3. The van der Waals surface area contributed by atoms with Gasteiger partial charge in [0, 0.05) is 17.4 Å². The first-order valence-electron chi connectivity index (χ1n) is 6.49. The van der Waals surface area contributed by atoms with E-state index in [4.69, 9.17) is 9.63 Å². The summed E-state index contributed by atoms with van der Waals surface area (Å²) >= 11 is 0. The number of carboxylic acid groups (broad SMARTS) is 1. The van der Waals surface area contributed by atoms with Gasteiger partial charge in [0.05, 0.1) is 5.56 Å². The molecule has 0 unspecified atom stereocenters. The molecule has 0 aliphatic carbocycles. The third kappa shape index (κ3) is 2.93. The van der Waals surface area contributed by atoms with Crippen molar-refractivity contribution in [1.29, 1.82) is 0 Å². The fourth-order valence-corrected chi connectivity index (χ4v) is 1.92. The summed E-state index contributed by atoms with van der Waals surface area (Å²) in [5.74, 6) is 0.528. The lowest BCUT2D eigenvalue weighted by Crippen LogP contribution is -1.98. The van der Waals surface area contributed by atoms with Gasteiger partial charge in [0.2, 0.25) is 0 Å². The van der Waals surface area contributed by atoms with Crippen LogP contribution in [0.1, 0.15) is 16.2 Å². The van der Waals surface area contributed by atoms with Gasteiger partial charge in [-0.2, -0.15) is 4.98 Å². The molecule has 0 bridgehead atoms. The summed E-state index contributed by atoms with van der Waals surface area (Å²) in [7, 11) is 0. The Balaban J connectivity index is 1.87. The maximum Gasteiger partial charge on any atom is 0.335 e. The molecule has 2 N–H and O–H groups in total. The molecule has 2 aromatic heterocycles. The number of nitrogens with one attached hydrogen (secondary N) is 1. The van der Waals surface area contributed by atoms with Crippen LogP contribution >= 0.6 is 0 Å². The highest BCUT2D eigenvalue weighted by atomic mass is 16.5. The van der Waals surface area contributed by atoms with Crippen LogP contribution in [0.3, 0.4) is 0 Å². The van der Waals surface area contributed by atoms with Gasteiger partial charge >= 0.3 is 5.97 Å². The van der Waals surface area contributed by atoms with Gasteiger partial charge in [-0.05, 0) is 37.3 Å². The van der Waals surface area contributed by atoms with Crippen molar-refractivity contribution in [3.05, 3.63) is 54.0 Å². The van der Waals surface area contributed by atoms with Gasteiger partial charge in [0.15, 0.2) is 5.82 Å². The van der Waals surface area contributed by atoms with E-state index >= 15 is 0 Å². The first kappa shape index (κ1) is 13.7. The smallest absolute Gasteiger partial charge is 0.335 e. The van der Waals surface area contributed by atoms with Gasteiger partial charge in [-0.15, -0.1) is 0 Å². The van der Waals surface area contributed by atoms with E-state index in [1.54, 1.807) is 37.4 Å².